The number of halogens is 4. The molecule has 0 aliphatic heterocycles. The number of hydrogen-bond acceptors (Lipinski definition) is 3. The van der Waals surface area contributed by atoms with Gasteiger partial charge in [-0.15, -0.1) is 0 Å². The summed E-state index contributed by atoms with van der Waals surface area (Å²) in [6.45, 7) is 6.48. The number of nitrogens with zero attached hydrogens (tertiary/aromatic N) is 2. The van der Waals surface area contributed by atoms with E-state index in [1.807, 2.05) is 20.8 Å². The monoisotopic (exact) mass is 323 g/mol. The molecule has 1 rings (SSSR count). The third kappa shape index (κ3) is 7.00. The fourth-order valence-corrected chi connectivity index (χ4v) is 1.75. The van der Waals surface area contributed by atoms with Crippen LogP contribution in [0.3, 0.4) is 0 Å². The van der Waals surface area contributed by atoms with Crippen LogP contribution >= 0.6 is 11.6 Å². The van der Waals surface area contributed by atoms with Crippen LogP contribution in [0, 0.1) is 0 Å². The Bertz CT molecular complexity index is 470. The van der Waals surface area contributed by atoms with Crippen LogP contribution < -0.4 is 10.2 Å². The van der Waals surface area contributed by atoms with Crippen LogP contribution in [0.4, 0.5) is 19.0 Å². The van der Waals surface area contributed by atoms with Crippen LogP contribution in [0.1, 0.15) is 32.8 Å². The SMILES string of the molecule is CN(CCC(F)(F)F)c1cc(CNC(C)(C)C)c(Cl)cn1. The number of pyridine rings is 1. The van der Waals surface area contributed by atoms with Gasteiger partial charge in [-0.1, -0.05) is 11.6 Å². The Morgan fingerprint density at radius 2 is 1.90 bits per heavy atom. The first kappa shape index (κ1) is 18.0. The van der Waals surface area contributed by atoms with Crippen molar-refractivity contribution in [3.05, 3.63) is 22.8 Å². The maximum Gasteiger partial charge on any atom is 0.390 e. The summed E-state index contributed by atoms with van der Waals surface area (Å²) in [6.07, 6.45) is -3.57. The number of nitrogens with one attached hydrogen (secondary N) is 1. The third-order valence-electron chi connectivity index (χ3n) is 2.85. The van der Waals surface area contributed by atoms with E-state index in [4.69, 9.17) is 11.6 Å². The highest BCUT2D eigenvalue weighted by molar-refractivity contribution is 6.31. The number of alkyl halides is 3. The minimum absolute atomic E-state index is 0.0745. The summed E-state index contributed by atoms with van der Waals surface area (Å²) in [5.41, 5.74) is 0.741. The van der Waals surface area contributed by atoms with Crippen molar-refractivity contribution in [3.8, 4) is 0 Å². The highest BCUT2D eigenvalue weighted by Gasteiger charge is 2.27. The fourth-order valence-electron chi connectivity index (χ4n) is 1.58. The van der Waals surface area contributed by atoms with Crippen LogP contribution in [0.25, 0.3) is 0 Å². The van der Waals surface area contributed by atoms with Crippen molar-refractivity contribution in [1.29, 1.82) is 0 Å². The van der Waals surface area contributed by atoms with Gasteiger partial charge in [-0.2, -0.15) is 13.2 Å². The average Bonchev–Trinajstić information content (AvgIpc) is 2.33. The Morgan fingerprint density at radius 1 is 1.29 bits per heavy atom. The van der Waals surface area contributed by atoms with E-state index in [1.165, 1.54) is 11.1 Å². The second-order valence-electron chi connectivity index (χ2n) is 6.02. The predicted octanol–water partition coefficient (Wildman–Crippen LogP) is 4.01. The molecule has 0 radical (unpaired) electrons. The quantitative estimate of drug-likeness (QED) is 0.887. The van der Waals surface area contributed by atoms with Crippen LogP contribution in [0.15, 0.2) is 12.3 Å². The molecule has 1 heterocycles. The lowest BCUT2D eigenvalue weighted by Crippen LogP contribution is -2.35. The second kappa shape index (κ2) is 6.83. The minimum atomic E-state index is -4.17. The van der Waals surface area contributed by atoms with Gasteiger partial charge in [0.2, 0.25) is 0 Å². The molecule has 21 heavy (non-hydrogen) atoms. The van der Waals surface area contributed by atoms with Gasteiger partial charge in [0.1, 0.15) is 5.82 Å². The highest BCUT2D eigenvalue weighted by atomic mass is 35.5. The molecule has 120 valence electrons. The van der Waals surface area contributed by atoms with E-state index in [0.717, 1.165) is 5.56 Å². The molecule has 7 heteroatoms. The van der Waals surface area contributed by atoms with E-state index in [0.29, 0.717) is 17.4 Å². The first-order chi connectivity index (χ1) is 9.48. The van der Waals surface area contributed by atoms with Crippen LogP contribution in [-0.2, 0) is 6.54 Å². The van der Waals surface area contributed by atoms with Crippen LogP contribution in [-0.4, -0.2) is 30.3 Å². The fraction of sp³-hybridized carbons (Fsp3) is 0.643. The molecule has 0 aliphatic carbocycles. The molecule has 0 bridgehead atoms. The maximum atomic E-state index is 12.2. The van der Waals surface area contributed by atoms with Crippen LogP contribution in [0.2, 0.25) is 5.02 Å². The summed E-state index contributed by atoms with van der Waals surface area (Å²) >= 11 is 6.08. The normalized spacial score (nSPS) is 12.6. The molecular weight excluding hydrogens is 303 g/mol. The summed E-state index contributed by atoms with van der Waals surface area (Å²) in [5.74, 6) is 0.481. The molecule has 0 fully saturated rings. The van der Waals surface area contributed by atoms with Gasteiger partial charge in [-0.05, 0) is 32.4 Å². The van der Waals surface area contributed by atoms with Gasteiger partial charge in [0.15, 0.2) is 0 Å². The summed E-state index contributed by atoms with van der Waals surface area (Å²) in [4.78, 5) is 5.56. The molecule has 0 unspecified atom stereocenters. The summed E-state index contributed by atoms with van der Waals surface area (Å²) in [7, 11) is 1.59. The number of aromatic nitrogens is 1. The van der Waals surface area contributed by atoms with Crippen molar-refractivity contribution >= 4 is 17.4 Å². The first-order valence-corrected chi connectivity index (χ1v) is 7.03. The Kier molecular flexibility index (Phi) is 5.87. The van der Waals surface area contributed by atoms with Gasteiger partial charge in [0, 0.05) is 31.9 Å². The lowest BCUT2D eigenvalue weighted by atomic mass is 10.1. The third-order valence-corrected chi connectivity index (χ3v) is 3.19. The standard InChI is InChI=1S/C14H21ClF3N3/c1-13(2,3)20-8-10-7-12(19-9-11(10)15)21(4)6-5-14(16,17)18/h7,9,20H,5-6,8H2,1-4H3. The Labute approximate surface area is 128 Å². The van der Waals surface area contributed by atoms with Crippen molar-refractivity contribution in [1.82, 2.24) is 10.3 Å². The zero-order chi connectivity index (χ0) is 16.3. The zero-order valence-electron chi connectivity index (χ0n) is 12.7. The van der Waals surface area contributed by atoms with E-state index in [9.17, 15) is 13.2 Å². The van der Waals surface area contributed by atoms with Gasteiger partial charge >= 0.3 is 6.18 Å². The lowest BCUT2D eigenvalue weighted by Gasteiger charge is -2.23. The van der Waals surface area contributed by atoms with E-state index < -0.39 is 12.6 Å². The molecule has 0 saturated heterocycles. The largest absolute Gasteiger partial charge is 0.390 e. The Morgan fingerprint density at radius 3 is 2.43 bits per heavy atom. The smallest absolute Gasteiger partial charge is 0.359 e. The van der Waals surface area contributed by atoms with Gasteiger partial charge < -0.3 is 10.2 Å². The molecule has 1 N–H and O–H groups in total. The molecule has 0 aromatic carbocycles. The van der Waals surface area contributed by atoms with Crippen molar-refractivity contribution in [2.24, 2.45) is 0 Å². The van der Waals surface area contributed by atoms with Gasteiger partial charge in [-0.3, -0.25) is 0 Å². The second-order valence-corrected chi connectivity index (χ2v) is 6.43. The van der Waals surface area contributed by atoms with Crippen molar-refractivity contribution in [2.75, 3.05) is 18.5 Å². The highest BCUT2D eigenvalue weighted by Crippen LogP contribution is 2.23. The van der Waals surface area contributed by atoms with E-state index in [1.54, 1.807) is 13.1 Å². The van der Waals surface area contributed by atoms with Gasteiger partial charge in [0.25, 0.3) is 0 Å². The van der Waals surface area contributed by atoms with Crippen molar-refractivity contribution in [2.45, 2.75) is 45.5 Å². The molecule has 0 aliphatic rings. The van der Waals surface area contributed by atoms with Gasteiger partial charge in [-0.25, -0.2) is 4.98 Å². The average molecular weight is 324 g/mol. The van der Waals surface area contributed by atoms with Crippen molar-refractivity contribution < 1.29 is 13.2 Å². The van der Waals surface area contributed by atoms with E-state index in [2.05, 4.69) is 10.3 Å². The van der Waals surface area contributed by atoms with Crippen molar-refractivity contribution in [3.63, 3.8) is 0 Å². The maximum absolute atomic E-state index is 12.2. The molecule has 0 spiro atoms. The molecule has 0 saturated carbocycles. The summed E-state index contributed by atoms with van der Waals surface area (Å²) in [6, 6.07) is 1.72. The number of hydrogen-bond donors (Lipinski definition) is 1. The minimum Gasteiger partial charge on any atom is -0.359 e. The number of anilines is 1. The summed E-state index contributed by atoms with van der Waals surface area (Å²) < 4.78 is 36.7. The predicted molar refractivity (Wildman–Crippen MR) is 79.8 cm³/mol. The Balaban J connectivity index is 2.76. The van der Waals surface area contributed by atoms with E-state index >= 15 is 0 Å². The van der Waals surface area contributed by atoms with Gasteiger partial charge in [0.05, 0.1) is 11.4 Å². The molecule has 3 nitrogen and oxygen atoms in total. The summed E-state index contributed by atoms with van der Waals surface area (Å²) in [5, 5.41) is 3.79. The number of rotatable bonds is 5. The topological polar surface area (TPSA) is 28.2 Å². The Hall–Kier alpha value is -1.01. The van der Waals surface area contributed by atoms with E-state index in [-0.39, 0.29) is 12.1 Å². The molecule has 1 aromatic rings. The molecule has 0 amide bonds. The molecule has 1 aromatic heterocycles. The molecule has 0 atom stereocenters. The zero-order valence-corrected chi connectivity index (χ0v) is 13.4. The molecular formula is C14H21ClF3N3. The first-order valence-electron chi connectivity index (χ1n) is 6.65. The lowest BCUT2D eigenvalue weighted by molar-refractivity contribution is -0.132. The van der Waals surface area contributed by atoms with Crippen LogP contribution in [0.5, 0.6) is 0 Å².